The van der Waals surface area contributed by atoms with Crippen molar-refractivity contribution in [2.75, 3.05) is 13.6 Å². The van der Waals surface area contributed by atoms with Gasteiger partial charge in [0.2, 0.25) is 0 Å². The van der Waals surface area contributed by atoms with Crippen molar-refractivity contribution < 1.29 is 19.2 Å². The fourth-order valence-electron chi connectivity index (χ4n) is 2.12. The average molecular weight is 323 g/mol. The summed E-state index contributed by atoms with van der Waals surface area (Å²) >= 11 is 1.39. The second-order valence-electron chi connectivity index (χ2n) is 6.38. The summed E-state index contributed by atoms with van der Waals surface area (Å²) in [6.07, 6.45) is 1.94. The standard InChI is InChI=1S/C15H22BNO4S/c1-14(2)15(3,4)21-16(20-14)11(8-17-5)7-12-6-10(9-22-12)13(18)19/h6-7,9,17H,8H2,1-5H3,(H,18,19). The first kappa shape index (κ1) is 17.2. The summed E-state index contributed by atoms with van der Waals surface area (Å²) in [7, 11) is 1.42. The van der Waals surface area contributed by atoms with Gasteiger partial charge in [-0.25, -0.2) is 4.79 Å². The maximum atomic E-state index is 11.0. The smallest absolute Gasteiger partial charge is 0.478 e. The lowest BCUT2D eigenvalue weighted by atomic mass is 9.77. The molecule has 0 aliphatic carbocycles. The number of carboxylic acid groups (broad SMARTS) is 1. The molecule has 2 N–H and O–H groups in total. The summed E-state index contributed by atoms with van der Waals surface area (Å²) in [6.45, 7) is 8.65. The van der Waals surface area contributed by atoms with E-state index >= 15 is 0 Å². The summed E-state index contributed by atoms with van der Waals surface area (Å²) in [5, 5.41) is 13.8. The normalized spacial score (nSPS) is 20.4. The van der Waals surface area contributed by atoms with Crippen molar-refractivity contribution in [2.24, 2.45) is 0 Å². The molecule has 1 aromatic rings. The van der Waals surface area contributed by atoms with Gasteiger partial charge in [-0.2, -0.15) is 0 Å². The van der Waals surface area contributed by atoms with E-state index < -0.39 is 24.3 Å². The number of likely N-dealkylation sites (N-methyl/N-ethyl adjacent to an activating group) is 1. The zero-order valence-corrected chi connectivity index (χ0v) is 14.4. The van der Waals surface area contributed by atoms with Gasteiger partial charge in [0.25, 0.3) is 0 Å². The third-order valence-corrected chi connectivity index (χ3v) is 5.01. The molecule has 2 heterocycles. The Kier molecular flexibility index (Phi) is 4.82. The lowest BCUT2D eigenvalue weighted by molar-refractivity contribution is 0.00578. The number of nitrogens with one attached hydrogen (secondary N) is 1. The lowest BCUT2D eigenvalue weighted by Gasteiger charge is -2.32. The Morgan fingerprint density at radius 1 is 1.36 bits per heavy atom. The van der Waals surface area contributed by atoms with Crippen LogP contribution >= 0.6 is 11.3 Å². The highest BCUT2D eigenvalue weighted by atomic mass is 32.1. The zero-order valence-electron chi connectivity index (χ0n) is 13.6. The van der Waals surface area contributed by atoms with Crippen LogP contribution in [0.4, 0.5) is 0 Å². The average Bonchev–Trinajstić information content (AvgIpc) is 2.92. The Labute approximate surface area is 135 Å². The third-order valence-electron chi connectivity index (χ3n) is 4.13. The van der Waals surface area contributed by atoms with Gasteiger partial charge in [-0.1, -0.05) is 0 Å². The first-order chi connectivity index (χ1) is 10.2. The van der Waals surface area contributed by atoms with Gasteiger partial charge in [-0.15, -0.1) is 11.3 Å². The highest BCUT2D eigenvalue weighted by Gasteiger charge is 2.52. The molecule has 1 saturated heterocycles. The second kappa shape index (κ2) is 6.16. The molecule has 1 aromatic heterocycles. The molecule has 0 saturated carbocycles. The quantitative estimate of drug-likeness (QED) is 0.816. The van der Waals surface area contributed by atoms with Gasteiger partial charge in [-0.3, -0.25) is 0 Å². The maximum absolute atomic E-state index is 11.0. The van der Waals surface area contributed by atoms with Crippen molar-refractivity contribution >= 4 is 30.5 Å². The third kappa shape index (κ3) is 3.43. The Balaban J connectivity index is 2.26. The van der Waals surface area contributed by atoms with E-state index in [4.69, 9.17) is 14.4 Å². The minimum Gasteiger partial charge on any atom is -0.478 e. The van der Waals surface area contributed by atoms with Gasteiger partial charge in [0.1, 0.15) is 0 Å². The fraction of sp³-hybridized carbons (Fsp3) is 0.533. The minimum atomic E-state index is -0.915. The Hall–Kier alpha value is -1.15. The van der Waals surface area contributed by atoms with E-state index in [-0.39, 0.29) is 0 Å². The summed E-state index contributed by atoms with van der Waals surface area (Å²) < 4.78 is 12.1. The molecule has 5 nitrogen and oxygen atoms in total. The van der Waals surface area contributed by atoms with Crippen LogP contribution in [0.3, 0.4) is 0 Å². The van der Waals surface area contributed by atoms with Crippen molar-refractivity contribution in [2.45, 2.75) is 38.9 Å². The summed E-state index contributed by atoms with van der Waals surface area (Å²) in [6, 6.07) is 1.66. The first-order valence-electron chi connectivity index (χ1n) is 7.19. The number of thiophene rings is 1. The van der Waals surface area contributed by atoms with E-state index in [1.807, 2.05) is 40.8 Å². The van der Waals surface area contributed by atoms with Crippen LogP contribution in [0, 0.1) is 0 Å². The van der Waals surface area contributed by atoms with Crippen LogP contribution in [0.25, 0.3) is 6.08 Å². The van der Waals surface area contributed by atoms with E-state index in [2.05, 4.69) is 5.32 Å². The largest absolute Gasteiger partial charge is 0.491 e. The molecule has 0 bridgehead atoms. The predicted molar refractivity (Wildman–Crippen MR) is 89.3 cm³/mol. The topological polar surface area (TPSA) is 67.8 Å². The molecule has 0 aromatic carbocycles. The van der Waals surface area contributed by atoms with E-state index in [1.54, 1.807) is 11.4 Å². The number of rotatable bonds is 5. The zero-order chi connectivity index (χ0) is 16.5. The van der Waals surface area contributed by atoms with Gasteiger partial charge >= 0.3 is 13.1 Å². The minimum absolute atomic E-state index is 0.300. The molecule has 1 aliphatic heterocycles. The molecule has 22 heavy (non-hydrogen) atoms. The highest BCUT2D eigenvalue weighted by Crippen LogP contribution is 2.38. The number of carboxylic acids is 1. The van der Waals surface area contributed by atoms with Crippen LogP contribution in [-0.2, 0) is 9.31 Å². The van der Waals surface area contributed by atoms with E-state index in [9.17, 15) is 4.79 Å². The Bertz CT molecular complexity index is 578. The van der Waals surface area contributed by atoms with Crippen molar-refractivity contribution in [3.05, 3.63) is 27.4 Å². The molecule has 1 fully saturated rings. The molecular weight excluding hydrogens is 301 g/mol. The van der Waals surface area contributed by atoms with Gasteiger partial charge in [0.15, 0.2) is 0 Å². The first-order valence-corrected chi connectivity index (χ1v) is 8.07. The van der Waals surface area contributed by atoms with Crippen molar-refractivity contribution in [3.8, 4) is 0 Å². The molecule has 0 spiro atoms. The van der Waals surface area contributed by atoms with Crippen molar-refractivity contribution in [1.82, 2.24) is 5.32 Å². The molecule has 1 aliphatic rings. The predicted octanol–water partition coefficient (Wildman–Crippen LogP) is 2.68. The van der Waals surface area contributed by atoms with Gasteiger partial charge in [-0.05, 0) is 52.4 Å². The Morgan fingerprint density at radius 2 is 1.95 bits per heavy atom. The SMILES string of the molecule is CNCC(=Cc1cc(C(=O)O)cs1)B1OC(C)(C)C(C)(C)O1. The molecule has 0 atom stereocenters. The second-order valence-corrected chi connectivity index (χ2v) is 7.32. The molecule has 0 unspecified atom stereocenters. The van der Waals surface area contributed by atoms with Crippen molar-refractivity contribution in [1.29, 1.82) is 0 Å². The summed E-state index contributed by atoms with van der Waals surface area (Å²) in [5.74, 6) is -0.915. The number of aromatic carboxylic acids is 1. The molecule has 0 amide bonds. The van der Waals surface area contributed by atoms with E-state index in [1.165, 1.54) is 11.3 Å². The molecule has 0 radical (unpaired) electrons. The van der Waals surface area contributed by atoms with Crippen LogP contribution in [-0.4, -0.2) is 43.0 Å². The van der Waals surface area contributed by atoms with Gasteiger partial charge in [0, 0.05) is 16.8 Å². The van der Waals surface area contributed by atoms with E-state index in [0.29, 0.717) is 12.1 Å². The van der Waals surface area contributed by atoms with Crippen LogP contribution in [0.15, 0.2) is 16.9 Å². The summed E-state index contributed by atoms with van der Waals surface area (Å²) in [5.41, 5.74) is 0.451. The number of hydrogen-bond acceptors (Lipinski definition) is 5. The van der Waals surface area contributed by atoms with Crippen LogP contribution in [0.1, 0.15) is 42.9 Å². The molecular formula is C15H22BNO4S. The number of carbonyl (C=O) groups is 1. The van der Waals surface area contributed by atoms with Crippen LogP contribution in [0.2, 0.25) is 0 Å². The van der Waals surface area contributed by atoms with Gasteiger partial charge in [0.05, 0.1) is 16.8 Å². The summed E-state index contributed by atoms with van der Waals surface area (Å²) in [4.78, 5) is 11.8. The molecule has 2 rings (SSSR count). The van der Waals surface area contributed by atoms with Crippen LogP contribution < -0.4 is 5.32 Å². The monoisotopic (exact) mass is 323 g/mol. The lowest BCUT2D eigenvalue weighted by Crippen LogP contribution is -2.41. The fourth-order valence-corrected chi connectivity index (χ4v) is 2.97. The molecule has 7 heteroatoms. The van der Waals surface area contributed by atoms with E-state index in [0.717, 1.165) is 10.3 Å². The number of hydrogen-bond donors (Lipinski definition) is 2. The molecule has 120 valence electrons. The van der Waals surface area contributed by atoms with Crippen molar-refractivity contribution in [3.63, 3.8) is 0 Å². The maximum Gasteiger partial charge on any atom is 0.491 e. The van der Waals surface area contributed by atoms with Gasteiger partial charge < -0.3 is 19.7 Å². The van der Waals surface area contributed by atoms with Crippen LogP contribution in [0.5, 0.6) is 0 Å². The Morgan fingerprint density at radius 3 is 2.41 bits per heavy atom. The highest BCUT2D eigenvalue weighted by molar-refractivity contribution is 7.11.